The Bertz CT molecular complexity index is 987. The van der Waals surface area contributed by atoms with E-state index >= 15 is 0 Å². The Hall–Kier alpha value is -3.08. The van der Waals surface area contributed by atoms with Crippen LogP contribution >= 0.6 is 0 Å². The number of aromatic nitrogens is 4. The number of hydrogen-bond donors (Lipinski definition) is 2. The molecule has 0 aliphatic rings. The molecule has 4 aromatic rings. The number of rotatable bonds is 6. The zero-order valence-electron chi connectivity index (χ0n) is 15.0. The predicted octanol–water partition coefficient (Wildman–Crippen LogP) is 5.33. The summed E-state index contributed by atoms with van der Waals surface area (Å²) in [6.07, 6.45) is 3.87. The fourth-order valence-electron chi connectivity index (χ4n) is 2.93. The topological polar surface area (TPSA) is 66.6 Å². The SMILES string of the molecule is CC[C@@H](C)Cc1nc2ccc(Oc3ccc(-c4ccn[nH]4)cc3)cc2[nH]1. The number of hydrogen-bond acceptors (Lipinski definition) is 3. The molecule has 2 aromatic heterocycles. The Kier molecular flexibility index (Phi) is 4.44. The normalized spacial score (nSPS) is 12.4. The van der Waals surface area contributed by atoms with Crippen molar-refractivity contribution < 1.29 is 4.74 Å². The Morgan fingerprint density at radius 2 is 1.85 bits per heavy atom. The first-order valence-electron chi connectivity index (χ1n) is 8.97. The van der Waals surface area contributed by atoms with Crippen LogP contribution in [0.15, 0.2) is 54.7 Å². The zero-order chi connectivity index (χ0) is 17.9. The lowest BCUT2D eigenvalue weighted by molar-refractivity contribution is 0.483. The quantitative estimate of drug-likeness (QED) is 0.495. The molecule has 0 saturated carbocycles. The van der Waals surface area contributed by atoms with Gasteiger partial charge in [-0.25, -0.2) is 4.98 Å². The van der Waals surface area contributed by atoms with Gasteiger partial charge >= 0.3 is 0 Å². The molecule has 2 aromatic carbocycles. The van der Waals surface area contributed by atoms with E-state index in [1.54, 1.807) is 6.20 Å². The summed E-state index contributed by atoms with van der Waals surface area (Å²) in [5.41, 5.74) is 4.05. The molecule has 0 saturated heterocycles. The summed E-state index contributed by atoms with van der Waals surface area (Å²) in [7, 11) is 0. The van der Waals surface area contributed by atoms with Gasteiger partial charge in [0.25, 0.3) is 0 Å². The number of imidazole rings is 1. The summed E-state index contributed by atoms with van der Waals surface area (Å²) in [6.45, 7) is 4.45. The van der Waals surface area contributed by atoms with Crippen molar-refractivity contribution in [2.24, 2.45) is 5.92 Å². The highest BCUT2D eigenvalue weighted by Gasteiger charge is 2.08. The molecule has 0 aliphatic heterocycles. The summed E-state index contributed by atoms with van der Waals surface area (Å²) in [5.74, 6) is 3.26. The summed E-state index contributed by atoms with van der Waals surface area (Å²) < 4.78 is 6.00. The number of H-pyrrole nitrogens is 2. The van der Waals surface area contributed by atoms with E-state index in [9.17, 15) is 0 Å². The predicted molar refractivity (Wildman–Crippen MR) is 103 cm³/mol. The van der Waals surface area contributed by atoms with Gasteiger partial charge in [0, 0.05) is 18.7 Å². The third-order valence-corrected chi connectivity index (χ3v) is 4.64. The Labute approximate surface area is 152 Å². The lowest BCUT2D eigenvalue weighted by Gasteiger charge is -2.06. The maximum absolute atomic E-state index is 6.00. The van der Waals surface area contributed by atoms with Crippen LogP contribution in [0, 0.1) is 5.92 Å². The van der Waals surface area contributed by atoms with Crippen LogP contribution in [0.1, 0.15) is 26.1 Å². The third-order valence-electron chi connectivity index (χ3n) is 4.64. The lowest BCUT2D eigenvalue weighted by Crippen LogP contribution is -1.99. The molecule has 5 heteroatoms. The van der Waals surface area contributed by atoms with Crippen LogP contribution in [0.3, 0.4) is 0 Å². The minimum atomic E-state index is 0.625. The average molecular weight is 346 g/mol. The number of nitrogens with zero attached hydrogens (tertiary/aromatic N) is 2. The molecule has 5 nitrogen and oxygen atoms in total. The molecule has 2 N–H and O–H groups in total. The van der Waals surface area contributed by atoms with Gasteiger partial charge in [-0.2, -0.15) is 5.10 Å². The van der Waals surface area contributed by atoms with Crippen LogP contribution in [0.2, 0.25) is 0 Å². The first kappa shape index (κ1) is 16.4. The van der Waals surface area contributed by atoms with E-state index in [1.165, 1.54) is 0 Å². The minimum absolute atomic E-state index is 0.625. The molecule has 0 amide bonds. The Morgan fingerprint density at radius 1 is 1.04 bits per heavy atom. The van der Waals surface area contributed by atoms with Crippen LogP contribution < -0.4 is 4.74 Å². The van der Waals surface area contributed by atoms with Crippen molar-refractivity contribution in [3.63, 3.8) is 0 Å². The molecule has 132 valence electrons. The molecule has 0 unspecified atom stereocenters. The minimum Gasteiger partial charge on any atom is -0.457 e. The molecule has 0 spiro atoms. The molecule has 4 rings (SSSR count). The molecule has 0 aliphatic carbocycles. The monoisotopic (exact) mass is 346 g/mol. The lowest BCUT2D eigenvalue weighted by atomic mass is 10.1. The molecular weight excluding hydrogens is 324 g/mol. The maximum Gasteiger partial charge on any atom is 0.129 e. The Morgan fingerprint density at radius 3 is 2.58 bits per heavy atom. The molecule has 1 atom stereocenters. The van der Waals surface area contributed by atoms with Gasteiger partial charge in [-0.3, -0.25) is 5.10 Å². The summed E-state index contributed by atoms with van der Waals surface area (Å²) in [6, 6.07) is 15.9. The van der Waals surface area contributed by atoms with Crippen molar-refractivity contribution in [2.75, 3.05) is 0 Å². The van der Waals surface area contributed by atoms with Gasteiger partial charge in [0.05, 0.1) is 16.7 Å². The average Bonchev–Trinajstić information content (AvgIpc) is 3.31. The highest BCUT2D eigenvalue weighted by molar-refractivity contribution is 5.77. The van der Waals surface area contributed by atoms with Crippen molar-refractivity contribution in [2.45, 2.75) is 26.7 Å². The second kappa shape index (κ2) is 7.04. The largest absolute Gasteiger partial charge is 0.457 e. The fourth-order valence-corrected chi connectivity index (χ4v) is 2.93. The van der Waals surface area contributed by atoms with E-state index in [4.69, 9.17) is 4.74 Å². The van der Waals surface area contributed by atoms with Gasteiger partial charge in [-0.05, 0) is 53.9 Å². The number of aromatic amines is 2. The van der Waals surface area contributed by atoms with E-state index in [0.717, 1.165) is 52.5 Å². The van der Waals surface area contributed by atoms with E-state index in [1.807, 2.05) is 48.5 Å². The summed E-state index contributed by atoms with van der Waals surface area (Å²) in [4.78, 5) is 8.08. The van der Waals surface area contributed by atoms with E-state index in [-0.39, 0.29) is 0 Å². The molecular formula is C21H22N4O. The van der Waals surface area contributed by atoms with Crippen LogP contribution in [0.4, 0.5) is 0 Å². The number of ether oxygens (including phenoxy) is 1. The molecule has 2 heterocycles. The van der Waals surface area contributed by atoms with Crippen molar-refractivity contribution in [3.05, 3.63) is 60.6 Å². The zero-order valence-corrected chi connectivity index (χ0v) is 15.0. The molecule has 0 bridgehead atoms. The molecule has 26 heavy (non-hydrogen) atoms. The number of fused-ring (bicyclic) bond motifs is 1. The standard InChI is InChI=1S/C21H22N4O/c1-3-14(2)12-21-23-19-9-8-17(13-20(19)24-21)26-16-6-4-15(5-7-16)18-10-11-22-25-18/h4-11,13-14H,3,12H2,1-2H3,(H,22,25)(H,23,24)/t14-/m1/s1. The number of benzene rings is 2. The van der Waals surface area contributed by atoms with E-state index < -0.39 is 0 Å². The first-order valence-corrected chi connectivity index (χ1v) is 8.97. The number of nitrogens with one attached hydrogen (secondary N) is 2. The second-order valence-corrected chi connectivity index (χ2v) is 6.68. The van der Waals surface area contributed by atoms with Gasteiger partial charge in [0.1, 0.15) is 17.3 Å². The van der Waals surface area contributed by atoms with Crippen LogP contribution in [-0.2, 0) is 6.42 Å². The smallest absolute Gasteiger partial charge is 0.129 e. The van der Waals surface area contributed by atoms with E-state index in [2.05, 4.69) is 34.0 Å². The molecule has 0 fully saturated rings. The van der Waals surface area contributed by atoms with Crippen molar-refractivity contribution in [1.82, 2.24) is 20.2 Å². The second-order valence-electron chi connectivity index (χ2n) is 6.68. The van der Waals surface area contributed by atoms with Crippen molar-refractivity contribution in [1.29, 1.82) is 0 Å². The highest BCUT2D eigenvalue weighted by atomic mass is 16.5. The maximum atomic E-state index is 6.00. The van der Waals surface area contributed by atoms with Gasteiger partial charge in [0.15, 0.2) is 0 Å². The van der Waals surface area contributed by atoms with Gasteiger partial charge in [-0.15, -0.1) is 0 Å². The van der Waals surface area contributed by atoms with Crippen molar-refractivity contribution >= 4 is 11.0 Å². The van der Waals surface area contributed by atoms with Crippen molar-refractivity contribution in [3.8, 4) is 22.8 Å². The summed E-state index contributed by atoms with van der Waals surface area (Å²) in [5, 5.41) is 6.94. The third kappa shape index (κ3) is 3.47. The molecule has 0 radical (unpaired) electrons. The Balaban J connectivity index is 1.51. The van der Waals surface area contributed by atoms with Gasteiger partial charge in [-0.1, -0.05) is 20.3 Å². The fraction of sp³-hybridized carbons (Fsp3) is 0.238. The van der Waals surface area contributed by atoms with Crippen LogP contribution in [-0.4, -0.2) is 20.2 Å². The van der Waals surface area contributed by atoms with Crippen LogP contribution in [0.25, 0.3) is 22.3 Å². The van der Waals surface area contributed by atoms with E-state index in [0.29, 0.717) is 5.92 Å². The first-order chi connectivity index (χ1) is 12.7. The summed E-state index contributed by atoms with van der Waals surface area (Å²) >= 11 is 0. The highest BCUT2D eigenvalue weighted by Crippen LogP contribution is 2.27. The van der Waals surface area contributed by atoms with Gasteiger partial charge in [0.2, 0.25) is 0 Å². The van der Waals surface area contributed by atoms with Crippen LogP contribution in [0.5, 0.6) is 11.5 Å². The van der Waals surface area contributed by atoms with Gasteiger partial charge < -0.3 is 9.72 Å².